The van der Waals surface area contributed by atoms with E-state index in [9.17, 15) is 4.79 Å². The van der Waals surface area contributed by atoms with Crippen molar-refractivity contribution in [2.24, 2.45) is 4.99 Å². The number of carbonyl (C=O) groups excluding carboxylic acids is 1. The molecule has 4 heteroatoms. The highest BCUT2D eigenvalue weighted by Crippen LogP contribution is 2.27. The molecule has 1 aliphatic heterocycles. The molecule has 0 saturated carbocycles. The Bertz CT molecular complexity index is 559. The average molecular weight is 477 g/mol. The SMILES string of the molecule is C/C=C/CCCCCCCCCCCCCCCCCCC1N=CC[N+]1(CC)C(C)NC(C)=O. The lowest BCUT2D eigenvalue weighted by atomic mass is 10.0. The molecule has 0 saturated heterocycles. The maximum atomic E-state index is 11.6. The van der Waals surface area contributed by atoms with Crippen LogP contribution >= 0.6 is 0 Å². The number of unbranched alkanes of at least 4 members (excludes halogenated alkanes) is 16. The third kappa shape index (κ3) is 13.1. The van der Waals surface area contributed by atoms with Gasteiger partial charge in [-0.15, -0.1) is 0 Å². The smallest absolute Gasteiger partial charge is 0.221 e. The standard InChI is InChI=1S/C30H57N3O/c1-5-7-8-9-10-11-12-13-14-15-16-17-18-19-20-21-22-23-24-25-30-31-26-27-33(30,6-2)28(3)32-29(4)34/h5,7,26,28,30H,6,8-25,27H2,1-4H3/p+1/b7-5+. The number of aliphatic imine (C=N–C) groups is 1. The van der Waals surface area contributed by atoms with E-state index in [-0.39, 0.29) is 12.1 Å². The molecule has 0 fully saturated rings. The van der Waals surface area contributed by atoms with Gasteiger partial charge in [0, 0.05) is 20.3 Å². The van der Waals surface area contributed by atoms with Gasteiger partial charge in [0.05, 0.1) is 12.8 Å². The highest BCUT2D eigenvalue weighted by molar-refractivity contribution is 5.73. The molecule has 0 aromatic heterocycles. The van der Waals surface area contributed by atoms with E-state index in [2.05, 4.69) is 44.5 Å². The van der Waals surface area contributed by atoms with Gasteiger partial charge in [-0.3, -0.25) is 9.28 Å². The van der Waals surface area contributed by atoms with Crippen LogP contribution in [0.25, 0.3) is 0 Å². The van der Waals surface area contributed by atoms with Gasteiger partial charge in [-0.2, -0.15) is 0 Å². The fourth-order valence-corrected chi connectivity index (χ4v) is 5.59. The number of quaternary nitrogens is 1. The molecule has 1 rings (SSSR count). The molecule has 0 radical (unpaired) electrons. The van der Waals surface area contributed by atoms with E-state index in [0.29, 0.717) is 6.17 Å². The van der Waals surface area contributed by atoms with Crippen molar-refractivity contribution >= 4 is 12.1 Å². The molecule has 34 heavy (non-hydrogen) atoms. The van der Waals surface area contributed by atoms with Gasteiger partial charge in [-0.1, -0.05) is 102 Å². The summed E-state index contributed by atoms with van der Waals surface area (Å²) in [5.74, 6) is 0.0609. The summed E-state index contributed by atoms with van der Waals surface area (Å²) in [7, 11) is 0. The second kappa shape index (κ2) is 20.1. The third-order valence-electron chi connectivity index (χ3n) is 7.88. The number of nitrogens with zero attached hydrogens (tertiary/aromatic N) is 2. The van der Waals surface area contributed by atoms with Gasteiger partial charge in [0.2, 0.25) is 5.91 Å². The van der Waals surface area contributed by atoms with Crippen LogP contribution in [0.4, 0.5) is 0 Å². The Labute approximate surface area is 212 Å². The van der Waals surface area contributed by atoms with Crippen molar-refractivity contribution in [1.82, 2.24) is 5.32 Å². The minimum Gasteiger partial charge on any atom is -0.307 e. The summed E-state index contributed by atoms with van der Waals surface area (Å²) >= 11 is 0. The zero-order valence-corrected chi connectivity index (χ0v) is 23.3. The molecular formula is C30H58N3O+. The van der Waals surface area contributed by atoms with Crippen LogP contribution in [0, 0.1) is 0 Å². The summed E-state index contributed by atoms with van der Waals surface area (Å²) in [6.45, 7) is 10.1. The largest absolute Gasteiger partial charge is 0.307 e. The Morgan fingerprint density at radius 1 is 0.912 bits per heavy atom. The number of carbonyl (C=O) groups is 1. The highest BCUT2D eigenvalue weighted by atomic mass is 16.1. The zero-order valence-electron chi connectivity index (χ0n) is 23.3. The second-order valence-electron chi connectivity index (χ2n) is 10.6. The lowest BCUT2D eigenvalue weighted by molar-refractivity contribution is -0.959. The number of hydrogen-bond donors (Lipinski definition) is 1. The quantitative estimate of drug-likeness (QED) is 0.0952. The minimum atomic E-state index is 0.0609. The molecule has 0 bridgehead atoms. The molecule has 1 N–H and O–H groups in total. The normalized spacial score (nSPS) is 20.9. The van der Waals surface area contributed by atoms with E-state index in [1.165, 1.54) is 109 Å². The summed E-state index contributed by atoms with van der Waals surface area (Å²) in [5, 5.41) is 3.12. The van der Waals surface area contributed by atoms with Gasteiger partial charge in [-0.25, -0.2) is 4.99 Å². The number of rotatable bonds is 22. The lowest BCUT2D eigenvalue weighted by Crippen LogP contribution is -2.63. The Hall–Kier alpha value is -1.16. The molecule has 3 atom stereocenters. The van der Waals surface area contributed by atoms with Crippen molar-refractivity contribution in [1.29, 1.82) is 0 Å². The first kappa shape index (κ1) is 30.9. The number of allylic oxidation sites excluding steroid dienone is 2. The minimum absolute atomic E-state index is 0.0609. The summed E-state index contributed by atoms with van der Waals surface area (Å²) in [5.41, 5.74) is 0. The van der Waals surface area contributed by atoms with Crippen LogP contribution < -0.4 is 5.32 Å². The van der Waals surface area contributed by atoms with Gasteiger partial charge >= 0.3 is 0 Å². The summed E-state index contributed by atoms with van der Waals surface area (Å²) in [6, 6.07) is 0. The van der Waals surface area contributed by atoms with E-state index in [0.717, 1.165) is 24.0 Å². The molecule has 0 aliphatic carbocycles. The summed E-state index contributed by atoms with van der Waals surface area (Å²) < 4.78 is 0.885. The number of hydrogen-bond acceptors (Lipinski definition) is 2. The third-order valence-corrected chi connectivity index (χ3v) is 7.88. The fraction of sp³-hybridized carbons (Fsp3) is 0.867. The maximum Gasteiger partial charge on any atom is 0.221 e. The zero-order chi connectivity index (χ0) is 24.9. The van der Waals surface area contributed by atoms with Crippen molar-refractivity contribution in [3.8, 4) is 0 Å². The molecule has 4 nitrogen and oxygen atoms in total. The Balaban J connectivity index is 1.92. The molecule has 1 aliphatic rings. The number of nitrogens with one attached hydrogen (secondary N) is 1. The van der Waals surface area contributed by atoms with Crippen molar-refractivity contribution in [2.45, 2.75) is 156 Å². The molecule has 0 spiro atoms. The Kier molecular flexibility index (Phi) is 18.2. The molecule has 0 aromatic carbocycles. The first-order chi connectivity index (χ1) is 16.6. The van der Waals surface area contributed by atoms with E-state index in [4.69, 9.17) is 4.99 Å². The average Bonchev–Trinajstić information content (AvgIpc) is 3.24. The van der Waals surface area contributed by atoms with Crippen molar-refractivity contribution in [2.75, 3.05) is 13.1 Å². The van der Waals surface area contributed by atoms with Crippen LogP contribution in [0.3, 0.4) is 0 Å². The van der Waals surface area contributed by atoms with Crippen LogP contribution in [0.15, 0.2) is 17.1 Å². The molecule has 1 amide bonds. The lowest BCUT2D eigenvalue weighted by Gasteiger charge is -2.42. The van der Waals surface area contributed by atoms with Gasteiger partial charge in [0.15, 0.2) is 12.3 Å². The van der Waals surface area contributed by atoms with E-state index >= 15 is 0 Å². The van der Waals surface area contributed by atoms with E-state index in [1.54, 1.807) is 6.92 Å². The monoisotopic (exact) mass is 476 g/mol. The van der Waals surface area contributed by atoms with Gasteiger partial charge in [-0.05, 0) is 33.1 Å². The molecule has 3 unspecified atom stereocenters. The Morgan fingerprint density at radius 3 is 1.82 bits per heavy atom. The molecule has 198 valence electrons. The van der Waals surface area contributed by atoms with Gasteiger partial charge in [0.1, 0.15) is 6.54 Å². The summed E-state index contributed by atoms with van der Waals surface area (Å²) in [4.78, 5) is 16.4. The predicted octanol–water partition coefficient (Wildman–Crippen LogP) is 8.31. The molecule has 1 heterocycles. The first-order valence-electron chi connectivity index (χ1n) is 14.8. The van der Waals surface area contributed by atoms with Crippen LogP contribution in [-0.4, -0.2) is 42.0 Å². The van der Waals surface area contributed by atoms with Gasteiger partial charge < -0.3 is 5.32 Å². The van der Waals surface area contributed by atoms with Crippen molar-refractivity contribution in [3.05, 3.63) is 12.2 Å². The Morgan fingerprint density at radius 2 is 1.38 bits per heavy atom. The second-order valence-corrected chi connectivity index (χ2v) is 10.6. The van der Waals surface area contributed by atoms with E-state index in [1.807, 2.05) is 0 Å². The highest BCUT2D eigenvalue weighted by Gasteiger charge is 2.42. The summed E-state index contributed by atoms with van der Waals surface area (Å²) in [6.07, 6.45) is 31.9. The first-order valence-corrected chi connectivity index (χ1v) is 14.8. The van der Waals surface area contributed by atoms with Crippen LogP contribution in [0.5, 0.6) is 0 Å². The fourth-order valence-electron chi connectivity index (χ4n) is 5.59. The van der Waals surface area contributed by atoms with Crippen LogP contribution in [0.1, 0.15) is 143 Å². The predicted molar refractivity (Wildman–Crippen MR) is 149 cm³/mol. The van der Waals surface area contributed by atoms with Crippen LogP contribution in [-0.2, 0) is 4.79 Å². The molecular weight excluding hydrogens is 418 g/mol. The molecule has 0 aromatic rings. The van der Waals surface area contributed by atoms with Crippen LogP contribution in [0.2, 0.25) is 0 Å². The van der Waals surface area contributed by atoms with Crippen molar-refractivity contribution in [3.63, 3.8) is 0 Å². The topological polar surface area (TPSA) is 41.5 Å². The van der Waals surface area contributed by atoms with E-state index < -0.39 is 0 Å². The van der Waals surface area contributed by atoms with Crippen molar-refractivity contribution < 1.29 is 9.28 Å². The maximum absolute atomic E-state index is 11.6. The van der Waals surface area contributed by atoms with Gasteiger partial charge in [0.25, 0.3) is 0 Å². The number of amides is 1.